The lowest BCUT2D eigenvalue weighted by Crippen LogP contribution is -2.44. The first-order valence-electron chi connectivity index (χ1n) is 13.1. The number of morpholine rings is 1. The number of carbonyl (C=O) groups is 5. The summed E-state index contributed by atoms with van der Waals surface area (Å²) in [5, 5.41) is -0.425. The van der Waals surface area contributed by atoms with E-state index in [1.807, 2.05) is 0 Å². The van der Waals surface area contributed by atoms with Crippen molar-refractivity contribution in [2.24, 2.45) is 5.73 Å². The molecule has 0 spiro atoms. The highest BCUT2D eigenvalue weighted by atomic mass is 35.5. The van der Waals surface area contributed by atoms with Crippen LogP contribution < -0.4 is 15.5 Å². The van der Waals surface area contributed by atoms with Crippen LogP contribution in [-0.2, 0) is 23.9 Å². The number of halogens is 2. The molecule has 2 N–H and O–H groups in total. The van der Waals surface area contributed by atoms with Crippen molar-refractivity contribution in [2.75, 3.05) is 48.4 Å². The third kappa shape index (κ3) is 8.51. The summed E-state index contributed by atoms with van der Waals surface area (Å²) >= 11 is 7.59. The average molecular weight is 643 g/mol. The number of amides is 4. The minimum atomic E-state index is -0.977. The Balaban J connectivity index is 0.00000155. The summed E-state index contributed by atoms with van der Waals surface area (Å²) in [6.45, 7) is 5.73. The molecule has 1 aromatic carbocycles. The molecule has 1 unspecified atom stereocenters. The van der Waals surface area contributed by atoms with Gasteiger partial charge in [-0.05, 0) is 37.3 Å². The molecule has 2 saturated heterocycles. The van der Waals surface area contributed by atoms with Gasteiger partial charge in [0.05, 0.1) is 46.4 Å². The molecule has 2 aromatic rings. The summed E-state index contributed by atoms with van der Waals surface area (Å²) in [5.41, 5.74) is 5.79. The fourth-order valence-electron chi connectivity index (χ4n) is 3.89. The summed E-state index contributed by atoms with van der Waals surface area (Å²) < 4.78 is 25.9. The van der Waals surface area contributed by atoms with E-state index in [-0.39, 0.29) is 48.5 Å². The zero-order valence-electron chi connectivity index (χ0n) is 23.3. The topological polar surface area (TPSA) is 140 Å². The number of rotatable bonds is 8. The highest BCUT2D eigenvalue weighted by Gasteiger charge is 2.38. The van der Waals surface area contributed by atoms with Gasteiger partial charge in [-0.15, -0.1) is 11.3 Å². The summed E-state index contributed by atoms with van der Waals surface area (Å²) in [6, 6.07) is 6.18. The van der Waals surface area contributed by atoms with Crippen molar-refractivity contribution in [1.29, 1.82) is 0 Å². The van der Waals surface area contributed by atoms with Gasteiger partial charge in [-0.2, -0.15) is 0 Å². The molecular formula is C27H32ClFN4O7S2. The predicted octanol–water partition coefficient (Wildman–Crippen LogP) is 3.92. The van der Waals surface area contributed by atoms with Crippen LogP contribution in [-0.4, -0.2) is 84.6 Å². The molecule has 0 bridgehead atoms. The standard InChI is InChI=1S/C24H24ClFN4O7S2.C3H8/c1-13(27)23(34)38-12-21(32)30(22(33)18-4-5-19(25)39-18)10-15-9-29(24(35)37-15)17-3-2-14(8-16(17)26)28-6-7-36-11-20(28)31;1-3-2/h2-5,8,13,15H,6-7,9-12,27H2,1H3;3H2,1-2H3/t13-,15?;/m0./s1. The second kappa shape index (κ2) is 15.4. The summed E-state index contributed by atoms with van der Waals surface area (Å²) in [4.78, 5) is 66.3. The minimum Gasteiger partial charge on any atom is -0.442 e. The zero-order valence-corrected chi connectivity index (χ0v) is 25.7. The van der Waals surface area contributed by atoms with Crippen molar-refractivity contribution in [1.82, 2.24) is 4.90 Å². The largest absolute Gasteiger partial charge is 0.442 e. The van der Waals surface area contributed by atoms with Crippen LogP contribution in [0.2, 0.25) is 4.34 Å². The Morgan fingerprint density at radius 3 is 2.52 bits per heavy atom. The highest BCUT2D eigenvalue weighted by molar-refractivity contribution is 8.14. The van der Waals surface area contributed by atoms with Crippen molar-refractivity contribution in [3.8, 4) is 0 Å². The number of thiophene rings is 1. The molecule has 228 valence electrons. The molecule has 0 radical (unpaired) electrons. The Hall–Kier alpha value is -3.04. The van der Waals surface area contributed by atoms with Gasteiger partial charge < -0.3 is 20.1 Å². The molecule has 0 aliphatic carbocycles. The van der Waals surface area contributed by atoms with Gasteiger partial charge in [0.25, 0.3) is 11.8 Å². The van der Waals surface area contributed by atoms with Gasteiger partial charge in [0, 0.05) is 12.2 Å². The Kier molecular flexibility index (Phi) is 12.3. The zero-order chi connectivity index (χ0) is 31.0. The minimum absolute atomic E-state index is 0.0840. The van der Waals surface area contributed by atoms with Crippen molar-refractivity contribution >= 4 is 75.0 Å². The van der Waals surface area contributed by atoms with Crippen LogP contribution >= 0.6 is 34.7 Å². The fourth-order valence-corrected chi connectivity index (χ4v) is 5.57. The van der Waals surface area contributed by atoms with E-state index in [4.69, 9.17) is 26.8 Å². The quantitative estimate of drug-likeness (QED) is 0.454. The van der Waals surface area contributed by atoms with Gasteiger partial charge in [-0.1, -0.05) is 43.6 Å². The van der Waals surface area contributed by atoms with Crippen LogP contribution in [0, 0.1) is 5.82 Å². The van der Waals surface area contributed by atoms with Crippen LogP contribution in [0.3, 0.4) is 0 Å². The maximum atomic E-state index is 15.1. The number of nitrogens with two attached hydrogens (primary N) is 1. The number of nitrogens with zero attached hydrogens (tertiary/aromatic N) is 3. The van der Waals surface area contributed by atoms with Gasteiger partial charge in [-0.3, -0.25) is 29.0 Å². The SMILES string of the molecule is CCC.C[C@H](N)C(=O)SCC(=O)N(CC1CN(c2ccc(N3CCOCC3=O)cc2F)C(=O)O1)C(=O)c1ccc(Cl)s1. The van der Waals surface area contributed by atoms with Gasteiger partial charge in [0.15, 0.2) is 0 Å². The maximum Gasteiger partial charge on any atom is 0.414 e. The molecule has 1 aromatic heterocycles. The van der Waals surface area contributed by atoms with Crippen LogP contribution in [0.15, 0.2) is 30.3 Å². The molecule has 15 heteroatoms. The van der Waals surface area contributed by atoms with E-state index >= 15 is 4.39 Å². The van der Waals surface area contributed by atoms with E-state index in [0.717, 1.165) is 27.2 Å². The molecule has 2 aliphatic heterocycles. The normalized spacial score (nSPS) is 17.3. The Labute approximate surface area is 256 Å². The fraction of sp³-hybridized carbons (Fsp3) is 0.444. The third-order valence-electron chi connectivity index (χ3n) is 5.82. The first-order chi connectivity index (χ1) is 20.0. The molecule has 2 fully saturated rings. The molecule has 4 amide bonds. The van der Waals surface area contributed by atoms with Crippen LogP contribution in [0.25, 0.3) is 0 Å². The molecule has 2 aliphatic rings. The number of anilines is 2. The first kappa shape index (κ1) is 33.5. The number of hydrogen-bond donors (Lipinski definition) is 1. The van der Waals surface area contributed by atoms with E-state index in [2.05, 4.69) is 13.8 Å². The van der Waals surface area contributed by atoms with Gasteiger partial charge in [-0.25, -0.2) is 9.18 Å². The molecule has 3 heterocycles. The van der Waals surface area contributed by atoms with Gasteiger partial charge in [0.1, 0.15) is 18.5 Å². The van der Waals surface area contributed by atoms with Gasteiger partial charge in [0.2, 0.25) is 11.0 Å². The average Bonchev–Trinajstić information content (AvgIpc) is 3.55. The van der Waals surface area contributed by atoms with Crippen molar-refractivity contribution in [3.05, 3.63) is 45.4 Å². The number of hydrogen-bond acceptors (Lipinski definition) is 10. The second-order valence-electron chi connectivity index (χ2n) is 9.37. The maximum absolute atomic E-state index is 15.1. The lowest BCUT2D eigenvalue weighted by Gasteiger charge is -2.27. The Bertz CT molecular complexity index is 1330. The van der Waals surface area contributed by atoms with Crippen LogP contribution in [0.4, 0.5) is 20.6 Å². The van der Waals surface area contributed by atoms with Crippen LogP contribution in [0.5, 0.6) is 0 Å². The number of carbonyl (C=O) groups excluding carboxylic acids is 5. The highest BCUT2D eigenvalue weighted by Crippen LogP contribution is 2.30. The Morgan fingerprint density at radius 2 is 1.93 bits per heavy atom. The van der Waals surface area contributed by atoms with E-state index < -0.39 is 41.0 Å². The van der Waals surface area contributed by atoms with Crippen molar-refractivity contribution in [3.63, 3.8) is 0 Å². The number of thioether (sulfide) groups is 1. The van der Waals surface area contributed by atoms with Gasteiger partial charge >= 0.3 is 6.09 Å². The number of ether oxygens (including phenoxy) is 2. The molecule has 0 saturated carbocycles. The number of imide groups is 1. The Morgan fingerprint density at radius 1 is 1.21 bits per heavy atom. The number of benzene rings is 1. The van der Waals surface area contributed by atoms with E-state index in [1.165, 1.54) is 42.5 Å². The van der Waals surface area contributed by atoms with E-state index in [1.54, 1.807) is 0 Å². The predicted molar refractivity (Wildman–Crippen MR) is 160 cm³/mol. The molecule has 4 rings (SSSR count). The monoisotopic (exact) mass is 642 g/mol. The summed E-state index contributed by atoms with van der Waals surface area (Å²) in [7, 11) is 0. The van der Waals surface area contributed by atoms with Crippen molar-refractivity contribution in [2.45, 2.75) is 39.3 Å². The third-order valence-corrected chi connectivity index (χ3v) is 8.09. The molecule has 2 atom stereocenters. The van der Waals surface area contributed by atoms with Crippen LogP contribution in [0.1, 0.15) is 36.9 Å². The molecule has 42 heavy (non-hydrogen) atoms. The summed E-state index contributed by atoms with van der Waals surface area (Å²) in [5.74, 6) is -2.79. The lowest BCUT2D eigenvalue weighted by molar-refractivity contribution is -0.127. The lowest BCUT2D eigenvalue weighted by atomic mass is 10.2. The van der Waals surface area contributed by atoms with E-state index in [9.17, 15) is 24.0 Å². The second-order valence-corrected chi connectivity index (χ2v) is 12.1. The van der Waals surface area contributed by atoms with Crippen molar-refractivity contribution < 1.29 is 37.8 Å². The van der Waals surface area contributed by atoms with E-state index in [0.29, 0.717) is 28.4 Å². The summed E-state index contributed by atoms with van der Waals surface area (Å²) in [6.07, 6.45) is -0.593. The molecule has 11 nitrogen and oxygen atoms in total. The first-order valence-corrected chi connectivity index (χ1v) is 15.3. The number of cyclic esters (lactones) is 1. The molecular weight excluding hydrogens is 611 g/mol. The smallest absolute Gasteiger partial charge is 0.414 e.